The maximum atomic E-state index is 10.6. The molecule has 1 atom stereocenters. The molecule has 0 fully saturated rings. The molecule has 16 heavy (non-hydrogen) atoms. The molecule has 0 saturated heterocycles. The third-order valence-corrected chi connectivity index (χ3v) is 2.10. The molecule has 0 aromatic heterocycles. The Hall–Kier alpha value is -2.11. The molecule has 0 saturated carbocycles. The average molecular weight is 225 g/mol. The van der Waals surface area contributed by atoms with E-state index in [0.29, 0.717) is 5.56 Å². The number of nitro benzene ring substituents is 1. The Bertz CT molecular complexity index is 429. The molecule has 1 aromatic rings. The number of carboxylic acid groups (broad SMARTS) is 1. The number of ether oxygens (including phenoxy) is 1. The second-order valence-electron chi connectivity index (χ2n) is 3.26. The molecule has 86 valence electrons. The van der Waals surface area contributed by atoms with E-state index in [1.54, 1.807) is 0 Å². The summed E-state index contributed by atoms with van der Waals surface area (Å²) in [6.07, 6.45) is -1.04. The first-order chi connectivity index (χ1) is 7.43. The van der Waals surface area contributed by atoms with Gasteiger partial charge in [0, 0.05) is 6.07 Å². The van der Waals surface area contributed by atoms with Crippen molar-refractivity contribution < 1.29 is 19.6 Å². The van der Waals surface area contributed by atoms with Crippen LogP contribution in [0.5, 0.6) is 5.75 Å². The third-order valence-electron chi connectivity index (χ3n) is 2.10. The van der Waals surface area contributed by atoms with Crippen LogP contribution in [0.3, 0.4) is 0 Å². The van der Waals surface area contributed by atoms with E-state index in [4.69, 9.17) is 9.84 Å². The van der Waals surface area contributed by atoms with Gasteiger partial charge in [0.05, 0.1) is 10.5 Å². The van der Waals surface area contributed by atoms with Crippen molar-refractivity contribution in [2.45, 2.75) is 20.0 Å². The van der Waals surface area contributed by atoms with Crippen molar-refractivity contribution >= 4 is 11.7 Å². The Balaban J connectivity index is 3.02. The lowest BCUT2D eigenvalue weighted by atomic mass is 10.2. The van der Waals surface area contributed by atoms with Crippen LogP contribution in [0, 0.1) is 17.0 Å². The average Bonchev–Trinajstić information content (AvgIpc) is 2.20. The summed E-state index contributed by atoms with van der Waals surface area (Å²) in [5, 5.41) is 19.3. The highest BCUT2D eigenvalue weighted by Gasteiger charge is 2.18. The molecule has 1 aromatic carbocycles. The maximum absolute atomic E-state index is 10.6. The van der Waals surface area contributed by atoms with Crippen LogP contribution in [0.25, 0.3) is 0 Å². The molecule has 0 aliphatic heterocycles. The minimum atomic E-state index is -1.12. The number of nitrogens with zero attached hydrogens (tertiary/aromatic N) is 1. The monoisotopic (exact) mass is 225 g/mol. The van der Waals surface area contributed by atoms with E-state index in [1.807, 2.05) is 0 Å². The van der Waals surface area contributed by atoms with E-state index < -0.39 is 17.0 Å². The van der Waals surface area contributed by atoms with Gasteiger partial charge in [-0.3, -0.25) is 10.1 Å². The molecule has 0 aliphatic rings. The van der Waals surface area contributed by atoms with Gasteiger partial charge in [0.15, 0.2) is 6.10 Å². The number of nitro groups is 1. The van der Waals surface area contributed by atoms with Gasteiger partial charge in [-0.15, -0.1) is 0 Å². The molecule has 0 radical (unpaired) electrons. The van der Waals surface area contributed by atoms with Crippen molar-refractivity contribution in [3.05, 3.63) is 33.9 Å². The highest BCUT2D eigenvalue weighted by Crippen LogP contribution is 2.27. The van der Waals surface area contributed by atoms with E-state index in [0.717, 1.165) is 0 Å². The first kappa shape index (κ1) is 12.0. The molecule has 1 N–H and O–H groups in total. The van der Waals surface area contributed by atoms with Crippen molar-refractivity contribution in [3.8, 4) is 5.75 Å². The minimum absolute atomic E-state index is 0.0879. The summed E-state index contributed by atoms with van der Waals surface area (Å²) in [7, 11) is 0. The van der Waals surface area contributed by atoms with Gasteiger partial charge >= 0.3 is 5.97 Å². The van der Waals surface area contributed by atoms with Crippen molar-refractivity contribution in [1.82, 2.24) is 0 Å². The molecule has 6 nitrogen and oxygen atoms in total. The Labute approximate surface area is 91.6 Å². The lowest BCUT2D eigenvalue weighted by molar-refractivity contribution is -0.385. The van der Waals surface area contributed by atoms with Crippen LogP contribution in [0.2, 0.25) is 0 Å². The van der Waals surface area contributed by atoms with Gasteiger partial charge in [0.1, 0.15) is 5.75 Å². The number of hydrogen-bond donors (Lipinski definition) is 1. The smallest absolute Gasteiger partial charge is 0.344 e. The summed E-state index contributed by atoms with van der Waals surface area (Å²) >= 11 is 0. The highest BCUT2D eigenvalue weighted by molar-refractivity contribution is 5.72. The lowest BCUT2D eigenvalue weighted by Gasteiger charge is -2.12. The van der Waals surface area contributed by atoms with Crippen LogP contribution in [-0.4, -0.2) is 22.1 Å². The van der Waals surface area contributed by atoms with E-state index in [9.17, 15) is 14.9 Å². The quantitative estimate of drug-likeness (QED) is 0.622. The van der Waals surface area contributed by atoms with E-state index in [2.05, 4.69) is 0 Å². The zero-order valence-electron chi connectivity index (χ0n) is 8.84. The second-order valence-corrected chi connectivity index (χ2v) is 3.26. The summed E-state index contributed by atoms with van der Waals surface area (Å²) in [6.45, 7) is 2.88. The molecule has 6 heteroatoms. The third kappa shape index (κ3) is 2.47. The Morgan fingerprint density at radius 1 is 1.56 bits per heavy atom. The molecule has 0 spiro atoms. The summed E-state index contributed by atoms with van der Waals surface area (Å²) in [6, 6.07) is 4.30. The predicted molar refractivity (Wildman–Crippen MR) is 55.6 cm³/mol. The molecular weight excluding hydrogens is 214 g/mol. The topological polar surface area (TPSA) is 89.7 Å². The number of carbonyl (C=O) groups is 1. The fraction of sp³-hybridized carbons (Fsp3) is 0.300. The Kier molecular flexibility index (Phi) is 3.44. The fourth-order valence-electron chi connectivity index (χ4n) is 1.17. The van der Waals surface area contributed by atoms with Gasteiger partial charge < -0.3 is 9.84 Å². The molecule has 0 amide bonds. The minimum Gasteiger partial charge on any atom is -0.479 e. The first-order valence-corrected chi connectivity index (χ1v) is 4.57. The van der Waals surface area contributed by atoms with Gasteiger partial charge in [-0.1, -0.05) is 6.07 Å². The summed E-state index contributed by atoms with van der Waals surface area (Å²) in [5.74, 6) is -0.907. The molecule has 0 unspecified atom stereocenters. The molecule has 1 rings (SSSR count). The fourth-order valence-corrected chi connectivity index (χ4v) is 1.17. The lowest BCUT2D eigenvalue weighted by Crippen LogP contribution is -2.23. The number of rotatable bonds is 4. The number of benzene rings is 1. The summed E-state index contributed by atoms with van der Waals surface area (Å²) in [4.78, 5) is 20.7. The largest absolute Gasteiger partial charge is 0.479 e. The zero-order chi connectivity index (χ0) is 12.3. The van der Waals surface area contributed by atoms with Gasteiger partial charge in [-0.05, 0) is 19.9 Å². The molecule has 0 bridgehead atoms. The molecule has 0 heterocycles. The maximum Gasteiger partial charge on any atom is 0.344 e. The normalized spacial score (nSPS) is 11.9. The van der Waals surface area contributed by atoms with Gasteiger partial charge in [-0.2, -0.15) is 0 Å². The first-order valence-electron chi connectivity index (χ1n) is 4.57. The van der Waals surface area contributed by atoms with Crippen molar-refractivity contribution in [1.29, 1.82) is 0 Å². The second kappa shape index (κ2) is 4.61. The van der Waals surface area contributed by atoms with Gasteiger partial charge in [-0.25, -0.2) is 4.79 Å². The summed E-state index contributed by atoms with van der Waals surface area (Å²) in [5.41, 5.74) is 0.232. The van der Waals surface area contributed by atoms with Crippen LogP contribution in [0.1, 0.15) is 12.5 Å². The van der Waals surface area contributed by atoms with Crippen molar-refractivity contribution in [3.63, 3.8) is 0 Å². The van der Waals surface area contributed by atoms with Gasteiger partial charge in [0.2, 0.25) is 0 Å². The molecule has 0 aliphatic carbocycles. The van der Waals surface area contributed by atoms with Gasteiger partial charge in [0.25, 0.3) is 5.69 Å². The number of aliphatic carboxylic acids is 1. The SMILES string of the molecule is Cc1c(O[C@H](C)C(=O)O)cccc1[N+](=O)[O-]. The van der Waals surface area contributed by atoms with E-state index in [1.165, 1.54) is 32.0 Å². The Morgan fingerprint density at radius 3 is 2.69 bits per heavy atom. The Morgan fingerprint density at radius 2 is 2.19 bits per heavy atom. The van der Waals surface area contributed by atoms with E-state index in [-0.39, 0.29) is 11.4 Å². The summed E-state index contributed by atoms with van der Waals surface area (Å²) < 4.78 is 5.09. The van der Waals surface area contributed by atoms with Crippen LogP contribution >= 0.6 is 0 Å². The van der Waals surface area contributed by atoms with Crippen LogP contribution in [0.15, 0.2) is 18.2 Å². The molecular formula is C10H11NO5. The van der Waals surface area contributed by atoms with E-state index >= 15 is 0 Å². The van der Waals surface area contributed by atoms with Crippen LogP contribution < -0.4 is 4.74 Å². The van der Waals surface area contributed by atoms with Crippen molar-refractivity contribution in [2.75, 3.05) is 0 Å². The highest BCUT2D eigenvalue weighted by atomic mass is 16.6. The number of carboxylic acids is 1. The number of hydrogen-bond acceptors (Lipinski definition) is 4. The van der Waals surface area contributed by atoms with Crippen molar-refractivity contribution in [2.24, 2.45) is 0 Å². The standard InChI is InChI=1S/C10H11NO5/c1-6-8(11(14)15)4-3-5-9(6)16-7(2)10(12)13/h3-5,7H,1-2H3,(H,12,13)/t7-/m1/s1. The van der Waals surface area contributed by atoms with Crippen LogP contribution in [0.4, 0.5) is 5.69 Å². The predicted octanol–water partition coefficient (Wildman–Crippen LogP) is 1.76. The van der Waals surface area contributed by atoms with Crippen LogP contribution in [-0.2, 0) is 4.79 Å². The zero-order valence-corrected chi connectivity index (χ0v) is 8.84.